The number of benzene rings is 1. The van der Waals surface area contributed by atoms with E-state index in [1.54, 1.807) is 0 Å². The van der Waals surface area contributed by atoms with Crippen LogP contribution in [0, 0.1) is 11.3 Å². The summed E-state index contributed by atoms with van der Waals surface area (Å²) in [5.74, 6) is 0. The van der Waals surface area contributed by atoms with Gasteiger partial charge in [-0.3, -0.25) is 4.90 Å². The van der Waals surface area contributed by atoms with Crippen molar-refractivity contribution in [3.8, 4) is 6.07 Å². The van der Waals surface area contributed by atoms with Crippen LogP contribution in [0.4, 0.5) is 0 Å². The van der Waals surface area contributed by atoms with Crippen molar-refractivity contribution in [2.45, 2.75) is 26.8 Å². The molecule has 0 saturated carbocycles. The van der Waals surface area contributed by atoms with Crippen molar-refractivity contribution in [3.63, 3.8) is 0 Å². The smallest absolute Gasteiger partial charge is 0.0868 e. The topological polar surface area (TPSA) is 27.0 Å². The fourth-order valence-corrected chi connectivity index (χ4v) is 1.52. The van der Waals surface area contributed by atoms with Gasteiger partial charge in [-0.05, 0) is 24.1 Å². The number of nitrogens with zero attached hydrogens (tertiary/aromatic N) is 2. The third kappa shape index (κ3) is 3.73. The molecular formula is C13H18N2. The highest BCUT2D eigenvalue weighted by Gasteiger charge is 2.02. The minimum Gasteiger partial charge on any atom is -0.287 e. The Bertz CT molecular complexity index is 321. The molecule has 0 saturated heterocycles. The van der Waals surface area contributed by atoms with Crippen molar-refractivity contribution in [3.05, 3.63) is 35.4 Å². The first kappa shape index (κ1) is 11.7. The standard InChI is InChI=1S/C13H18N2/c1-3-12-5-7-13(8-6-12)11-15(4-2)10-9-14/h5-8H,3-4,10-11H2,1-2H3. The van der Waals surface area contributed by atoms with Crippen LogP contribution in [-0.2, 0) is 13.0 Å². The molecule has 0 bridgehead atoms. The number of hydrogen-bond donors (Lipinski definition) is 0. The van der Waals surface area contributed by atoms with Crippen molar-refractivity contribution in [2.24, 2.45) is 0 Å². The second-order valence-corrected chi connectivity index (χ2v) is 3.63. The van der Waals surface area contributed by atoms with E-state index in [0.29, 0.717) is 6.54 Å². The van der Waals surface area contributed by atoms with Gasteiger partial charge in [-0.15, -0.1) is 0 Å². The summed E-state index contributed by atoms with van der Waals surface area (Å²) in [6.07, 6.45) is 1.08. The van der Waals surface area contributed by atoms with Gasteiger partial charge in [0.15, 0.2) is 0 Å². The molecule has 0 amide bonds. The minimum absolute atomic E-state index is 0.506. The maximum atomic E-state index is 8.64. The van der Waals surface area contributed by atoms with Gasteiger partial charge in [0.25, 0.3) is 0 Å². The molecule has 0 N–H and O–H groups in total. The van der Waals surface area contributed by atoms with E-state index in [2.05, 4.69) is 49.1 Å². The lowest BCUT2D eigenvalue weighted by molar-refractivity contribution is 0.315. The van der Waals surface area contributed by atoms with Gasteiger partial charge in [0, 0.05) is 6.54 Å². The molecule has 15 heavy (non-hydrogen) atoms. The van der Waals surface area contributed by atoms with Gasteiger partial charge in [0.1, 0.15) is 0 Å². The summed E-state index contributed by atoms with van der Waals surface area (Å²) in [6.45, 7) is 6.53. The second kappa shape index (κ2) is 6.21. The van der Waals surface area contributed by atoms with Crippen LogP contribution < -0.4 is 0 Å². The molecule has 2 heteroatoms. The van der Waals surface area contributed by atoms with E-state index in [4.69, 9.17) is 5.26 Å². The fraction of sp³-hybridized carbons (Fsp3) is 0.462. The highest BCUT2D eigenvalue weighted by atomic mass is 15.1. The van der Waals surface area contributed by atoms with E-state index in [0.717, 1.165) is 19.5 Å². The summed E-state index contributed by atoms with van der Waals surface area (Å²) in [6, 6.07) is 10.8. The van der Waals surface area contributed by atoms with Crippen LogP contribution in [0.3, 0.4) is 0 Å². The molecule has 80 valence electrons. The summed E-state index contributed by atoms with van der Waals surface area (Å²) in [7, 11) is 0. The summed E-state index contributed by atoms with van der Waals surface area (Å²) in [4.78, 5) is 2.13. The van der Waals surface area contributed by atoms with Gasteiger partial charge in [0.05, 0.1) is 12.6 Å². The van der Waals surface area contributed by atoms with Crippen LogP contribution in [0.1, 0.15) is 25.0 Å². The van der Waals surface area contributed by atoms with Gasteiger partial charge in [-0.2, -0.15) is 5.26 Å². The zero-order chi connectivity index (χ0) is 11.1. The monoisotopic (exact) mass is 202 g/mol. The Kier molecular flexibility index (Phi) is 4.86. The van der Waals surface area contributed by atoms with Crippen LogP contribution in [0.15, 0.2) is 24.3 Å². The van der Waals surface area contributed by atoms with E-state index >= 15 is 0 Å². The zero-order valence-electron chi connectivity index (χ0n) is 9.53. The van der Waals surface area contributed by atoms with Crippen molar-refractivity contribution < 1.29 is 0 Å². The Morgan fingerprint density at radius 2 is 1.73 bits per heavy atom. The molecule has 0 fully saturated rings. The largest absolute Gasteiger partial charge is 0.287 e. The molecule has 1 aromatic rings. The average Bonchev–Trinajstić information content (AvgIpc) is 2.29. The van der Waals surface area contributed by atoms with Crippen LogP contribution in [0.2, 0.25) is 0 Å². The lowest BCUT2D eigenvalue weighted by atomic mass is 10.1. The average molecular weight is 202 g/mol. The van der Waals surface area contributed by atoms with E-state index in [-0.39, 0.29) is 0 Å². The predicted molar refractivity (Wildman–Crippen MR) is 62.4 cm³/mol. The predicted octanol–water partition coefficient (Wildman–Crippen LogP) is 2.59. The van der Waals surface area contributed by atoms with E-state index in [1.807, 2.05) is 0 Å². The normalized spacial score (nSPS) is 10.3. The number of hydrogen-bond acceptors (Lipinski definition) is 2. The Balaban J connectivity index is 2.59. The molecule has 0 spiro atoms. The maximum Gasteiger partial charge on any atom is 0.0868 e. The fourth-order valence-electron chi connectivity index (χ4n) is 1.52. The third-order valence-corrected chi connectivity index (χ3v) is 2.58. The molecule has 0 aliphatic heterocycles. The lowest BCUT2D eigenvalue weighted by Gasteiger charge is -2.16. The van der Waals surface area contributed by atoms with Crippen molar-refractivity contribution in [1.82, 2.24) is 4.90 Å². The first-order valence-corrected chi connectivity index (χ1v) is 5.47. The summed E-state index contributed by atoms with van der Waals surface area (Å²) in [5.41, 5.74) is 2.64. The Morgan fingerprint density at radius 3 is 2.20 bits per heavy atom. The first-order chi connectivity index (χ1) is 7.30. The molecule has 0 heterocycles. The highest BCUT2D eigenvalue weighted by molar-refractivity contribution is 5.22. The van der Waals surface area contributed by atoms with Crippen molar-refractivity contribution in [1.29, 1.82) is 5.26 Å². The lowest BCUT2D eigenvalue weighted by Crippen LogP contribution is -2.22. The van der Waals surface area contributed by atoms with Crippen LogP contribution in [0.5, 0.6) is 0 Å². The maximum absolute atomic E-state index is 8.64. The molecule has 0 atom stereocenters. The molecular weight excluding hydrogens is 184 g/mol. The molecule has 0 aliphatic carbocycles. The quantitative estimate of drug-likeness (QED) is 0.686. The molecule has 0 unspecified atom stereocenters. The molecule has 0 radical (unpaired) electrons. The highest BCUT2D eigenvalue weighted by Crippen LogP contribution is 2.07. The van der Waals surface area contributed by atoms with Gasteiger partial charge < -0.3 is 0 Å². The summed E-state index contributed by atoms with van der Waals surface area (Å²) >= 11 is 0. The molecule has 0 aromatic heterocycles. The molecule has 1 rings (SSSR count). The van der Waals surface area contributed by atoms with Crippen molar-refractivity contribution >= 4 is 0 Å². The zero-order valence-corrected chi connectivity index (χ0v) is 9.53. The van der Waals surface area contributed by atoms with Gasteiger partial charge in [-0.1, -0.05) is 38.1 Å². The number of aryl methyl sites for hydroxylation is 1. The first-order valence-electron chi connectivity index (χ1n) is 5.47. The van der Waals surface area contributed by atoms with Crippen molar-refractivity contribution in [2.75, 3.05) is 13.1 Å². The van der Waals surface area contributed by atoms with Crippen LogP contribution in [0.25, 0.3) is 0 Å². The van der Waals surface area contributed by atoms with E-state index < -0.39 is 0 Å². The van der Waals surface area contributed by atoms with Gasteiger partial charge >= 0.3 is 0 Å². The number of nitriles is 1. The van der Waals surface area contributed by atoms with Gasteiger partial charge in [0.2, 0.25) is 0 Å². The SMILES string of the molecule is CCc1ccc(CN(CC)CC#N)cc1. The van der Waals surface area contributed by atoms with Gasteiger partial charge in [-0.25, -0.2) is 0 Å². The second-order valence-electron chi connectivity index (χ2n) is 3.63. The molecule has 0 aliphatic rings. The molecule has 2 nitrogen and oxygen atoms in total. The summed E-state index contributed by atoms with van der Waals surface area (Å²) in [5, 5.41) is 8.64. The van der Waals surface area contributed by atoms with E-state index in [9.17, 15) is 0 Å². The number of rotatable bonds is 5. The Labute approximate surface area is 92.1 Å². The van der Waals surface area contributed by atoms with Crippen LogP contribution in [-0.4, -0.2) is 18.0 Å². The van der Waals surface area contributed by atoms with Crippen LogP contribution >= 0.6 is 0 Å². The summed E-state index contributed by atoms with van der Waals surface area (Å²) < 4.78 is 0. The molecule has 1 aromatic carbocycles. The Morgan fingerprint density at radius 1 is 1.13 bits per heavy atom. The third-order valence-electron chi connectivity index (χ3n) is 2.58. The minimum atomic E-state index is 0.506. The van der Waals surface area contributed by atoms with E-state index in [1.165, 1.54) is 11.1 Å². The Hall–Kier alpha value is -1.33.